The lowest BCUT2D eigenvalue weighted by atomic mass is 9.93. The van der Waals surface area contributed by atoms with Gasteiger partial charge in [-0.25, -0.2) is 9.37 Å². The summed E-state index contributed by atoms with van der Waals surface area (Å²) >= 11 is 5.93. The van der Waals surface area contributed by atoms with Crippen LogP contribution in [-0.2, 0) is 0 Å². The van der Waals surface area contributed by atoms with Gasteiger partial charge < -0.3 is 5.73 Å². The number of aromatic nitrogens is 1. The zero-order valence-corrected chi connectivity index (χ0v) is 13.6. The molecule has 3 aromatic rings. The molecule has 0 aliphatic rings. The van der Waals surface area contributed by atoms with E-state index >= 15 is 0 Å². The molecule has 1 heterocycles. The van der Waals surface area contributed by atoms with E-state index in [4.69, 9.17) is 17.3 Å². The Kier molecular flexibility index (Phi) is 4.20. The van der Waals surface area contributed by atoms with E-state index in [-0.39, 0.29) is 17.2 Å². The number of hydrogen-bond acceptors (Lipinski definition) is 3. The van der Waals surface area contributed by atoms with Gasteiger partial charge in [0.25, 0.3) is 0 Å². The number of rotatable bonds is 2. The average Bonchev–Trinajstić information content (AvgIpc) is 2.57. The second-order valence-electron chi connectivity index (χ2n) is 5.35. The van der Waals surface area contributed by atoms with E-state index in [1.807, 2.05) is 19.1 Å². The van der Waals surface area contributed by atoms with Crippen LogP contribution in [0.25, 0.3) is 22.4 Å². The molecule has 1 aromatic heterocycles. The van der Waals surface area contributed by atoms with Gasteiger partial charge >= 0.3 is 0 Å². The summed E-state index contributed by atoms with van der Waals surface area (Å²) in [5.41, 5.74) is 9.64. The van der Waals surface area contributed by atoms with Crippen molar-refractivity contribution in [3.63, 3.8) is 0 Å². The normalized spacial score (nSPS) is 10.4. The van der Waals surface area contributed by atoms with Crippen molar-refractivity contribution in [2.45, 2.75) is 6.92 Å². The molecule has 0 fully saturated rings. The Labute approximate surface area is 144 Å². The number of hydrogen-bond donors (Lipinski definition) is 1. The molecule has 2 aromatic carbocycles. The van der Waals surface area contributed by atoms with E-state index in [0.29, 0.717) is 21.8 Å². The van der Waals surface area contributed by atoms with Crippen molar-refractivity contribution in [2.75, 3.05) is 5.73 Å². The molecule has 0 spiro atoms. The van der Waals surface area contributed by atoms with Crippen LogP contribution in [0.4, 0.5) is 10.2 Å². The standard InChI is InChI=1S/C19H13ClFN3/c1-11-17(13-3-2-4-15(21)9-13)16(10-22)19(23)24-18(11)12-5-7-14(20)8-6-12/h2-9H,1H3,(H2,23,24). The van der Waals surface area contributed by atoms with Crippen molar-refractivity contribution in [2.24, 2.45) is 0 Å². The molecule has 0 aliphatic heterocycles. The monoisotopic (exact) mass is 337 g/mol. The van der Waals surface area contributed by atoms with Crippen LogP contribution >= 0.6 is 11.6 Å². The van der Waals surface area contributed by atoms with Crippen molar-refractivity contribution in [1.82, 2.24) is 4.98 Å². The van der Waals surface area contributed by atoms with Crippen LogP contribution in [0, 0.1) is 24.1 Å². The number of nitrogens with zero attached hydrogens (tertiary/aromatic N) is 2. The van der Waals surface area contributed by atoms with E-state index in [2.05, 4.69) is 11.1 Å². The number of nitriles is 1. The van der Waals surface area contributed by atoms with Crippen molar-refractivity contribution in [3.05, 3.63) is 70.5 Å². The molecule has 0 bridgehead atoms. The summed E-state index contributed by atoms with van der Waals surface area (Å²) < 4.78 is 13.6. The van der Waals surface area contributed by atoms with Crippen LogP contribution in [0.15, 0.2) is 48.5 Å². The third-order valence-corrected chi connectivity index (χ3v) is 4.06. The Morgan fingerprint density at radius 3 is 2.46 bits per heavy atom. The molecule has 5 heteroatoms. The van der Waals surface area contributed by atoms with Crippen molar-refractivity contribution < 1.29 is 4.39 Å². The van der Waals surface area contributed by atoms with E-state index in [9.17, 15) is 9.65 Å². The van der Waals surface area contributed by atoms with E-state index < -0.39 is 0 Å². The zero-order chi connectivity index (χ0) is 17.3. The molecule has 3 nitrogen and oxygen atoms in total. The van der Waals surface area contributed by atoms with Gasteiger partial charge in [-0.2, -0.15) is 5.26 Å². The Bertz CT molecular complexity index is 960. The molecule has 118 valence electrons. The summed E-state index contributed by atoms with van der Waals surface area (Å²) in [6.07, 6.45) is 0. The highest BCUT2D eigenvalue weighted by atomic mass is 35.5. The van der Waals surface area contributed by atoms with Gasteiger partial charge in [-0.15, -0.1) is 0 Å². The summed E-state index contributed by atoms with van der Waals surface area (Å²) in [6, 6.07) is 15.3. The van der Waals surface area contributed by atoms with Crippen LogP contribution in [0.2, 0.25) is 5.02 Å². The van der Waals surface area contributed by atoms with Gasteiger partial charge in [0, 0.05) is 16.1 Å². The lowest BCUT2D eigenvalue weighted by Gasteiger charge is -2.15. The summed E-state index contributed by atoms with van der Waals surface area (Å²) in [5.74, 6) is -0.258. The van der Waals surface area contributed by atoms with Gasteiger partial charge in [0.05, 0.1) is 5.69 Å². The fourth-order valence-corrected chi connectivity index (χ4v) is 2.83. The van der Waals surface area contributed by atoms with Crippen LogP contribution in [0.3, 0.4) is 0 Å². The minimum Gasteiger partial charge on any atom is -0.383 e. The Morgan fingerprint density at radius 1 is 1.12 bits per heavy atom. The molecule has 2 N–H and O–H groups in total. The third kappa shape index (κ3) is 2.82. The van der Waals surface area contributed by atoms with Crippen LogP contribution < -0.4 is 5.73 Å². The van der Waals surface area contributed by atoms with Crippen LogP contribution in [-0.4, -0.2) is 4.98 Å². The van der Waals surface area contributed by atoms with Crippen LogP contribution in [0.1, 0.15) is 11.1 Å². The lowest BCUT2D eigenvalue weighted by Crippen LogP contribution is -2.03. The lowest BCUT2D eigenvalue weighted by molar-refractivity contribution is 0.628. The first-order valence-electron chi connectivity index (χ1n) is 7.23. The van der Waals surface area contributed by atoms with Crippen molar-refractivity contribution >= 4 is 17.4 Å². The fourth-order valence-electron chi connectivity index (χ4n) is 2.70. The van der Waals surface area contributed by atoms with Gasteiger partial charge in [-0.3, -0.25) is 0 Å². The van der Waals surface area contributed by atoms with Gasteiger partial charge in [0.15, 0.2) is 0 Å². The summed E-state index contributed by atoms with van der Waals surface area (Å²) in [4.78, 5) is 4.37. The molecule has 3 rings (SSSR count). The number of nitrogens with two attached hydrogens (primary N) is 1. The zero-order valence-electron chi connectivity index (χ0n) is 12.8. The van der Waals surface area contributed by atoms with E-state index in [0.717, 1.165) is 11.1 Å². The molecule has 0 atom stereocenters. The molecule has 0 saturated carbocycles. The highest BCUT2D eigenvalue weighted by Crippen LogP contribution is 2.36. The van der Waals surface area contributed by atoms with Gasteiger partial charge in [0.1, 0.15) is 23.3 Å². The molecular formula is C19H13ClFN3. The third-order valence-electron chi connectivity index (χ3n) is 3.81. The predicted molar refractivity (Wildman–Crippen MR) is 93.9 cm³/mol. The van der Waals surface area contributed by atoms with E-state index in [1.54, 1.807) is 24.3 Å². The Morgan fingerprint density at radius 2 is 1.83 bits per heavy atom. The largest absolute Gasteiger partial charge is 0.383 e. The van der Waals surface area contributed by atoms with Crippen molar-refractivity contribution in [1.29, 1.82) is 5.26 Å². The SMILES string of the molecule is Cc1c(-c2ccc(Cl)cc2)nc(N)c(C#N)c1-c1cccc(F)c1. The van der Waals surface area contributed by atoms with E-state index in [1.165, 1.54) is 12.1 Å². The highest BCUT2D eigenvalue weighted by Gasteiger charge is 2.18. The maximum absolute atomic E-state index is 13.6. The quantitative estimate of drug-likeness (QED) is 0.718. The second-order valence-corrected chi connectivity index (χ2v) is 5.79. The predicted octanol–water partition coefficient (Wildman–Crippen LogP) is 4.97. The molecule has 0 radical (unpaired) electrons. The first-order valence-corrected chi connectivity index (χ1v) is 7.61. The molecule has 0 amide bonds. The number of halogens is 2. The van der Waals surface area contributed by atoms with Gasteiger partial charge in [0.2, 0.25) is 0 Å². The molecule has 0 saturated heterocycles. The number of anilines is 1. The minimum absolute atomic E-state index is 0.118. The smallest absolute Gasteiger partial charge is 0.142 e. The summed E-state index contributed by atoms with van der Waals surface area (Å²) in [6.45, 7) is 1.84. The molecule has 0 aliphatic carbocycles. The first-order chi connectivity index (χ1) is 11.5. The topological polar surface area (TPSA) is 62.7 Å². The Hall–Kier alpha value is -2.90. The highest BCUT2D eigenvalue weighted by molar-refractivity contribution is 6.30. The Balaban J connectivity index is 2.32. The summed E-state index contributed by atoms with van der Waals surface area (Å²) in [5, 5.41) is 10.1. The van der Waals surface area contributed by atoms with Gasteiger partial charge in [-0.05, 0) is 42.3 Å². The number of benzene rings is 2. The van der Waals surface area contributed by atoms with Crippen molar-refractivity contribution in [3.8, 4) is 28.5 Å². The minimum atomic E-state index is -0.376. The van der Waals surface area contributed by atoms with Crippen LogP contribution in [0.5, 0.6) is 0 Å². The molecular weight excluding hydrogens is 325 g/mol. The average molecular weight is 338 g/mol. The second kappa shape index (κ2) is 6.31. The number of nitrogen functional groups attached to an aromatic ring is 1. The number of pyridine rings is 1. The first kappa shape index (κ1) is 16.0. The maximum atomic E-state index is 13.6. The van der Waals surface area contributed by atoms with Gasteiger partial charge in [-0.1, -0.05) is 35.9 Å². The summed E-state index contributed by atoms with van der Waals surface area (Å²) in [7, 11) is 0. The fraction of sp³-hybridized carbons (Fsp3) is 0.0526. The maximum Gasteiger partial charge on any atom is 0.142 e. The molecule has 0 unspecified atom stereocenters. The molecule has 24 heavy (non-hydrogen) atoms.